The number of aryl methyl sites for hydroxylation is 2. The van der Waals surface area contributed by atoms with Gasteiger partial charge in [-0.05, 0) is 43.5 Å². The van der Waals surface area contributed by atoms with E-state index in [1.165, 1.54) is 0 Å². The monoisotopic (exact) mass is 287 g/mol. The predicted molar refractivity (Wildman–Crippen MR) is 68.2 cm³/mol. The first kappa shape index (κ1) is 11.1. The van der Waals surface area contributed by atoms with Crippen LogP contribution in [0.25, 0.3) is 0 Å². The summed E-state index contributed by atoms with van der Waals surface area (Å²) >= 11 is 3.48. The lowest BCUT2D eigenvalue weighted by Gasteiger charge is -2.18. The summed E-state index contributed by atoms with van der Waals surface area (Å²) < 4.78 is 17.5. The minimum absolute atomic E-state index is 0.765. The number of hydrogen-bond acceptors (Lipinski definition) is 2. The zero-order valence-electron chi connectivity index (χ0n) is 8.92. The van der Waals surface area contributed by atoms with Crippen molar-refractivity contribution in [2.24, 2.45) is 4.36 Å². The predicted octanol–water partition coefficient (Wildman–Crippen LogP) is 3.57. The van der Waals surface area contributed by atoms with E-state index in [4.69, 9.17) is 0 Å². The first-order chi connectivity index (χ1) is 7.00. The first-order valence-corrected chi connectivity index (χ1v) is 7.64. The Labute approximate surface area is 99.4 Å². The summed E-state index contributed by atoms with van der Waals surface area (Å²) in [6, 6.07) is 4.04. The van der Waals surface area contributed by atoms with Crippen molar-refractivity contribution >= 4 is 31.3 Å². The maximum absolute atomic E-state index is 12.0. The van der Waals surface area contributed by atoms with Gasteiger partial charge in [-0.3, -0.25) is 0 Å². The molecule has 0 aliphatic carbocycles. The van der Waals surface area contributed by atoms with Gasteiger partial charge in [-0.1, -0.05) is 15.9 Å². The Hall–Kier alpha value is -0.350. The van der Waals surface area contributed by atoms with Crippen LogP contribution in [0.5, 0.6) is 0 Å². The molecule has 0 saturated carbocycles. The van der Waals surface area contributed by atoms with Crippen molar-refractivity contribution in [3.63, 3.8) is 0 Å². The van der Waals surface area contributed by atoms with Gasteiger partial charge in [0, 0.05) is 16.0 Å². The van der Waals surface area contributed by atoms with E-state index in [1.807, 2.05) is 26.0 Å². The second-order valence-corrected chi connectivity index (χ2v) is 7.41. The van der Waals surface area contributed by atoms with Crippen molar-refractivity contribution in [1.29, 1.82) is 0 Å². The summed E-state index contributed by atoms with van der Waals surface area (Å²) in [5.74, 6) is 1.53. The van der Waals surface area contributed by atoms with E-state index < -0.39 is 9.73 Å². The Morgan fingerprint density at radius 2 is 1.93 bits per heavy atom. The number of nitrogens with zero attached hydrogens (tertiary/aromatic N) is 1. The third kappa shape index (κ3) is 2.26. The highest BCUT2D eigenvalue weighted by atomic mass is 79.9. The molecule has 0 atom stereocenters. The van der Waals surface area contributed by atoms with Gasteiger partial charge in [-0.15, -0.1) is 0 Å². The second-order valence-electron chi connectivity index (χ2n) is 4.01. The van der Waals surface area contributed by atoms with Gasteiger partial charge in [0.2, 0.25) is 0 Å². The summed E-state index contributed by atoms with van der Waals surface area (Å²) in [6.45, 7) is 4.03. The van der Waals surface area contributed by atoms with E-state index in [9.17, 15) is 4.21 Å². The van der Waals surface area contributed by atoms with Crippen LogP contribution in [0.2, 0.25) is 0 Å². The molecule has 1 heterocycles. The van der Waals surface area contributed by atoms with Crippen molar-refractivity contribution in [3.05, 3.63) is 27.7 Å². The fraction of sp³-hybridized carbons (Fsp3) is 0.455. The fourth-order valence-corrected chi connectivity index (χ4v) is 3.50. The number of hydrogen-bond donors (Lipinski definition) is 0. The molecule has 4 heteroatoms. The molecule has 0 N–H and O–H groups in total. The van der Waals surface area contributed by atoms with Crippen molar-refractivity contribution in [3.8, 4) is 0 Å². The summed E-state index contributed by atoms with van der Waals surface area (Å²) in [5, 5.41) is 0. The first-order valence-electron chi connectivity index (χ1n) is 4.99. The van der Waals surface area contributed by atoms with Gasteiger partial charge < -0.3 is 0 Å². The second kappa shape index (κ2) is 3.91. The molecular formula is C11H14BrNOS. The van der Waals surface area contributed by atoms with E-state index in [0.29, 0.717) is 0 Å². The summed E-state index contributed by atoms with van der Waals surface area (Å²) in [4.78, 5) is 0. The van der Waals surface area contributed by atoms with Gasteiger partial charge in [0.25, 0.3) is 0 Å². The quantitative estimate of drug-likeness (QED) is 0.776. The Morgan fingerprint density at radius 1 is 1.27 bits per heavy atom. The van der Waals surface area contributed by atoms with Crippen LogP contribution in [0.15, 0.2) is 21.0 Å². The van der Waals surface area contributed by atoms with E-state index in [0.717, 1.165) is 39.2 Å². The van der Waals surface area contributed by atoms with Crippen molar-refractivity contribution in [1.82, 2.24) is 0 Å². The third-order valence-electron chi connectivity index (χ3n) is 2.67. The van der Waals surface area contributed by atoms with Gasteiger partial charge in [0.1, 0.15) is 0 Å². The van der Waals surface area contributed by atoms with Crippen LogP contribution in [-0.2, 0) is 9.73 Å². The molecule has 1 aromatic rings. The number of rotatable bonds is 1. The van der Waals surface area contributed by atoms with Crippen molar-refractivity contribution in [2.75, 3.05) is 11.5 Å². The fourth-order valence-electron chi connectivity index (χ4n) is 1.53. The molecule has 1 aliphatic rings. The summed E-state index contributed by atoms with van der Waals surface area (Å²) in [5.41, 5.74) is 3.11. The van der Waals surface area contributed by atoms with E-state index in [1.54, 1.807) is 0 Å². The minimum Gasteiger partial charge on any atom is -0.249 e. The Morgan fingerprint density at radius 3 is 2.47 bits per heavy atom. The highest BCUT2D eigenvalue weighted by Gasteiger charge is 2.19. The van der Waals surface area contributed by atoms with Gasteiger partial charge in [-0.25, -0.2) is 4.21 Å². The summed E-state index contributed by atoms with van der Waals surface area (Å²) in [7, 11) is -1.88. The molecule has 0 radical (unpaired) electrons. The molecule has 82 valence electrons. The molecule has 2 nitrogen and oxygen atoms in total. The SMILES string of the molecule is Cc1cc(N=S2(=O)CCC2)c(C)cc1Br. The average Bonchev–Trinajstić information content (AvgIpc) is 2.11. The lowest BCUT2D eigenvalue weighted by Crippen LogP contribution is -2.23. The topological polar surface area (TPSA) is 29.4 Å². The Balaban J connectivity index is 2.50. The normalized spacial score (nSPS) is 18.3. The lowest BCUT2D eigenvalue weighted by atomic mass is 10.1. The van der Waals surface area contributed by atoms with Gasteiger partial charge >= 0.3 is 0 Å². The summed E-state index contributed by atoms with van der Waals surface area (Å²) in [6.07, 6.45) is 1.05. The molecule has 1 aliphatic heterocycles. The van der Waals surface area contributed by atoms with Gasteiger partial charge in [0.15, 0.2) is 0 Å². The standard InChI is InChI=1S/C11H14BrNOS/c1-8-7-11(9(2)6-10(8)12)13-15(14)4-3-5-15/h6-7H,3-5H2,1-2H3. The van der Waals surface area contributed by atoms with Crippen LogP contribution in [0.3, 0.4) is 0 Å². The molecule has 0 bridgehead atoms. The van der Waals surface area contributed by atoms with Crippen LogP contribution in [0.4, 0.5) is 5.69 Å². The van der Waals surface area contributed by atoms with Crippen molar-refractivity contribution < 1.29 is 4.21 Å². The van der Waals surface area contributed by atoms with Crippen molar-refractivity contribution in [2.45, 2.75) is 20.3 Å². The van der Waals surface area contributed by atoms with Crippen LogP contribution >= 0.6 is 15.9 Å². The van der Waals surface area contributed by atoms with Gasteiger partial charge in [-0.2, -0.15) is 4.36 Å². The number of halogens is 1. The minimum atomic E-state index is -1.88. The largest absolute Gasteiger partial charge is 0.249 e. The smallest absolute Gasteiger partial charge is 0.0762 e. The zero-order valence-corrected chi connectivity index (χ0v) is 11.3. The highest BCUT2D eigenvalue weighted by Crippen LogP contribution is 2.29. The van der Waals surface area contributed by atoms with E-state index in [-0.39, 0.29) is 0 Å². The molecule has 1 fully saturated rings. The molecule has 1 aromatic carbocycles. The van der Waals surface area contributed by atoms with Crippen LogP contribution in [0.1, 0.15) is 17.5 Å². The third-order valence-corrected chi connectivity index (χ3v) is 5.91. The molecule has 0 amide bonds. The molecular weight excluding hydrogens is 274 g/mol. The maximum Gasteiger partial charge on any atom is 0.0762 e. The molecule has 1 saturated heterocycles. The highest BCUT2D eigenvalue weighted by molar-refractivity contribution is 9.10. The average molecular weight is 288 g/mol. The number of benzene rings is 1. The molecule has 0 spiro atoms. The van der Waals surface area contributed by atoms with E-state index >= 15 is 0 Å². The molecule has 0 aromatic heterocycles. The lowest BCUT2D eigenvalue weighted by molar-refractivity contribution is 0.663. The van der Waals surface area contributed by atoms with Gasteiger partial charge in [0.05, 0.1) is 15.4 Å². The van der Waals surface area contributed by atoms with E-state index in [2.05, 4.69) is 20.3 Å². The van der Waals surface area contributed by atoms with Crippen LogP contribution in [0, 0.1) is 13.8 Å². The van der Waals surface area contributed by atoms with Crippen LogP contribution < -0.4 is 0 Å². The molecule has 2 rings (SSSR count). The maximum atomic E-state index is 12.0. The molecule has 15 heavy (non-hydrogen) atoms. The zero-order chi connectivity index (χ0) is 11.1. The van der Waals surface area contributed by atoms with Crippen LogP contribution in [-0.4, -0.2) is 15.7 Å². The molecule has 0 unspecified atom stereocenters. The Kier molecular flexibility index (Phi) is 2.90. The Bertz CT molecular complexity index is 506.